The highest BCUT2D eigenvalue weighted by Crippen LogP contribution is 2.41. The van der Waals surface area contributed by atoms with Crippen molar-refractivity contribution in [1.82, 2.24) is 0 Å². The molecule has 0 radical (unpaired) electrons. The molecule has 0 heterocycles. The van der Waals surface area contributed by atoms with Crippen LogP contribution < -0.4 is 5.46 Å². The fourth-order valence-electron chi connectivity index (χ4n) is 5.57. The van der Waals surface area contributed by atoms with Crippen LogP contribution in [-0.4, -0.2) is 17.2 Å². The van der Waals surface area contributed by atoms with Gasteiger partial charge in [0.25, 0.3) is 0 Å². The Kier molecular flexibility index (Phi) is 9.73. The van der Waals surface area contributed by atoms with E-state index < -0.39 is 7.12 Å². The maximum atomic E-state index is 8.58. The highest BCUT2D eigenvalue weighted by atomic mass is 79.9. The molecular formula is C40H29BBr2O2. The lowest BCUT2D eigenvalue weighted by molar-refractivity contribution is 0.426. The van der Waals surface area contributed by atoms with Crippen molar-refractivity contribution in [2.75, 3.05) is 0 Å². The molecule has 0 unspecified atom stereocenters. The molecule has 0 aliphatic carbocycles. The molecule has 0 aliphatic heterocycles. The number of hydrogen-bond acceptors (Lipinski definition) is 2. The normalized spacial score (nSPS) is 10.7. The number of fused-ring (bicyclic) bond motifs is 4. The lowest BCUT2D eigenvalue weighted by atomic mass is 9.81. The fraction of sp³-hybridized carbons (Fsp3) is 0. The van der Waals surface area contributed by atoms with Crippen LogP contribution in [0.4, 0.5) is 0 Å². The Morgan fingerprint density at radius 2 is 0.733 bits per heavy atom. The van der Waals surface area contributed by atoms with Gasteiger partial charge in [0.2, 0.25) is 0 Å². The zero-order valence-electron chi connectivity index (χ0n) is 24.3. The Morgan fingerprint density at radius 1 is 0.378 bits per heavy atom. The first-order chi connectivity index (χ1) is 22.0. The van der Waals surface area contributed by atoms with E-state index in [1.807, 2.05) is 6.07 Å². The molecule has 0 amide bonds. The summed E-state index contributed by atoms with van der Waals surface area (Å²) in [5, 5.41) is 27.4. The number of hydrogen-bond donors (Lipinski definition) is 2. The first-order valence-electron chi connectivity index (χ1n) is 14.6. The number of halogens is 2. The van der Waals surface area contributed by atoms with Crippen molar-refractivity contribution in [3.8, 4) is 11.1 Å². The van der Waals surface area contributed by atoms with Gasteiger partial charge in [0.1, 0.15) is 0 Å². The van der Waals surface area contributed by atoms with Crippen molar-refractivity contribution in [2.45, 2.75) is 0 Å². The highest BCUT2D eigenvalue weighted by Gasteiger charge is 2.13. The van der Waals surface area contributed by atoms with Crippen LogP contribution in [0.5, 0.6) is 0 Å². The second-order valence-corrected chi connectivity index (χ2v) is 12.1. The lowest BCUT2D eigenvalue weighted by Gasteiger charge is -2.14. The van der Waals surface area contributed by atoms with Crippen molar-refractivity contribution in [2.24, 2.45) is 0 Å². The Morgan fingerprint density at radius 3 is 1.18 bits per heavy atom. The first-order valence-corrected chi connectivity index (χ1v) is 16.2. The monoisotopic (exact) mass is 710 g/mol. The highest BCUT2D eigenvalue weighted by molar-refractivity contribution is 9.11. The quantitative estimate of drug-likeness (QED) is 0.138. The molecule has 0 bridgehead atoms. The third-order valence-corrected chi connectivity index (χ3v) is 9.44. The summed E-state index contributed by atoms with van der Waals surface area (Å²) in [4.78, 5) is 0. The van der Waals surface area contributed by atoms with E-state index in [-0.39, 0.29) is 0 Å². The second-order valence-electron chi connectivity index (χ2n) is 10.6. The SMILES string of the molecule is Brc1c2ccccc2c(-c2ccccc2)c2ccccc12.Brc1c2ccccc2cc2ccccc12.OB(O)c1ccccc1. The molecule has 8 rings (SSSR count). The second kappa shape index (κ2) is 14.2. The molecule has 8 aromatic rings. The summed E-state index contributed by atoms with van der Waals surface area (Å²) in [6, 6.07) is 55.5. The molecule has 0 spiro atoms. The first kappa shape index (κ1) is 30.8. The van der Waals surface area contributed by atoms with E-state index in [4.69, 9.17) is 10.0 Å². The predicted molar refractivity (Wildman–Crippen MR) is 200 cm³/mol. The maximum Gasteiger partial charge on any atom is 0.488 e. The van der Waals surface area contributed by atoms with E-state index in [1.165, 1.54) is 63.2 Å². The van der Waals surface area contributed by atoms with Crippen LogP contribution in [0.25, 0.3) is 54.2 Å². The van der Waals surface area contributed by atoms with Crippen molar-refractivity contribution >= 4 is 87.5 Å². The van der Waals surface area contributed by atoms with E-state index in [0.29, 0.717) is 5.46 Å². The van der Waals surface area contributed by atoms with Gasteiger partial charge in [-0.05, 0) is 97.6 Å². The summed E-state index contributed by atoms with van der Waals surface area (Å²) in [6.45, 7) is 0. The minimum atomic E-state index is -1.34. The summed E-state index contributed by atoms with van der Waals surface area (Å²) in [5.74, 6) is 0. The standard InChI is InChI=1S/C20H13Br.C14H9Br.C6H7BO2/c21-20-17-12-6-4-10-15(17)19(14-8-2-1-3-9-14)16-11-5-7-13-18(16)20;15-14-12-7-3-1-5-10(12)9-11-6-2-4-8-13(11)14;8-7(9)6-4-2-1-3-5-6/h1-13H;1-9H;1-5,8-9H. The molecule has 2 nitrogen and oxygen atoms in total. The third kappa shape index (κ3) is 6.73. The van der Waals surface area contributed by atoms with Gasteiger partial charge in [-0.25, -0.2) is 0 Å². The van der Waals surface area contributed by atoms with Crippen LogP contribution in [0.1, 0.15) is 0 Å². The van der Waals surface area contributed by atoms with Gasteiger partial charge >= 0.3 is 7.12 Å². The van der Waals surface area contributed by atoms with Gasteiger partial charge in [-0.15, -0.1) is 0 Å². The van der Waals surface area contributed by atoms with E-state index in [9.17, 15) is 0 Å². The third-order valence-electron chi connectivity index (χ3n) is 7.73. The van der Waals surface area contributed by atoms with Crippen molar-refractivity contribution in [3.05, 3.63) is 173 Å². The van der Waals surface area contributed by atoms with Crippen molar-refractivity contribution in [1.29, 1.82) is 0 Å². The zero-order valence-corrected chi connectivity index (χ0v) is 27.5. The van der Waals surface area contributed by atoms with Crippen molar-refractivity contribution in [3.63, 3.8) is 0 Å². The Bertz CT molecular complexity index is 2110. The van der Waals surface area contributed by atoms with E-state index in [2.05, 4.69) is 165 Å². The molecule has 0 aromatic heterocycles. The molecule has 8 aromatic carbocycles. The molecule has 5 heteroatoms. The van der Waals surface area contributed by atoms with Gasteiger partial charge in [-0.2, -0.15) is 0 Å². The van der Waals surface area contributed by atoms with Gasteiger partial charge < -0.3 is 10.0 Å². The van der Waals surface area contributed by atoms with Crippen LogP contribution in [0, 0.1) is 0 Å². The van der Waals surface area contributed by atoms with E-state index in [0.717, 1.165) is 0 Å². The Balaban J connectivity index is 0.000000130. The predicted octanol–water partition coefficient (Wildman–Crippen LogP) is 10.5. The van der Waals surface area contributed by atoms with E-state index in [1.54, 1.807) is 24.3 Å². The summed E-state index contributed by atoms with van der Waals surface area (Å²) in [6.07, 6.45) is 0. The number of benzene rings is 8. The van der Waals surface area contributed by atoms with Gasteiger partial charge in [0, 0.05) is 8.95 Å². The molecule has 2 N–H and O–H groups in total. The smallest absolute Gasteiger partial charge is 0.423 e. The summed E-state index contributed by atoms with van der Waals surface area (Å²) < 4.78 is 2.37. The largest absolute Gasteiger partial charge is 0.488 e. The lowest BCUT2D eigenvalue weighted by Crippen LogP contribution is -2.29. The summed E-state index contributed by atoms with van der Waals surface area (Å²) in [7, 11) is -1.34. The van der Waals surface area contributed by atoms with Crippen molar-refractivity contribution < 1.29 is 10.0 Å². The minimum absolute atomic E-state index is 0.525. The molecule has 0 saturated carbocycles. The molecule has 0 atom stereocenters. The van der Waals surface area contributed by atoms with Gasteiger partial charge in [-0.1, -0.05) is 158 Å². The van der Waals surface area contributed by atoms with Crippen LogP contribution in [0.15, 0.2) is 173 Å². The Hall–Kier alpha value is -4.26. The molecule has 218 valence electrons. The minimum Gasteiger partial charge on any atom is -0.423 e. The number of rotatable bonds is 2. The van der Waals surface area contributed by atoms with Crippen LogP contribution in [-0.2, 0) is 0 Å². The van der Waals surface area contributed by atoms with E-state index >= 15 is 0 Å². The average molecular weight is 712 g/mol. The zero-order chi connectivity index (χ0) is 31.2. The van der Waals surface area contributed by atoms with Gasteiger partial charge in [0.05, 0.1) is 0 Å². The van der Waals surface area contributed by atoms with Crippen LogP contribution >= 0.6 is 31.9 Å². The molecular weight excluding hydrogens is 683 g/mol. The Labute approximate surface area is 280 Å². The van der Waals surface area contributed by atoms with Crippen LogP contribution in [0.2, 0.25) is 0 Å². The summed E-state index contributed by atoms with van der Waals surface area (Å²) >= 11 is 7.47. The topological polar surface area (TPSA) is 40.5 Å². The molecule has 0 saturated heterocycles. The molecule has 45 heavy (non-hydrogen) atoms. The fourth-order valence-corrected chi connectivity index (χ4v) is 6.99. The van der Waals surface area contributed by atoms with Crippen LogP contribution in [0.3, 0.4) is 0 Å². The maximum absolute atomic E-state index is 8.58. The summed E-state index contributed by atoms with van der Waals surface area (Å²) in [5.41, 5.74) is 3.10. The average Bonchev–Trinajstić information content (AvgIpc) is 3.10. The van der Waals surface area contributed by atoms with Gasteiger partial charge in [-0.3, -0.25) is 0 Å². The molecule has 0 fully saturated rings. The molecule has 0 aliphatic rings. The van der Waals surface area contributed by atoms with Gasteiger partial charge in [0.15, 0.2) is 0 Å².